The summed E-state index contributed by atoms with van der Waals surface area (Å²) < 4.78 is 9.56. The molecule has 0 saturated carbocycles. The molecule has 0 radical (unpaired) electrons. The first-order valence-electron chi connectivity index (χ1n) is 4.49. The minimum atomic E-state index is -0.707. The Morgan fingerprint density at radius 1 is 1.35 bits per heavy atom. The fourth-order valence-electron chi connectivity index (χ4n) is 1.17. The van der Waals surface area contributed by atoms with Gasteiger partial charge in [-0.25, -0.2) is 4.79 Å². The van der Waals surface area contributed by atoms with Crippen LogP contribution in [0, 0.1) is 0 Å². The van der Waals surface area contributed by atoms with Crippen LogP contribution in [0.1, 0.15) is 10.7 Å². The first-order chi connectivity index (χ1) is 8.13. The first-order valence-corrected chi connectivity index (χ1v) is 5.25. The molecule has 0 aliphatic heterocycles. The van der Waals surface area contributed by atoms with E-state index in [1.54, 1.807) is 18.2 Å². The molecule has 0 saturated heterocycles. The summed E-state index contributed by atoms with van der Waals surface area (Å²) in [6, 6.07) is 4.97. The zero-order valence-corrected chi connectivity index (χ0v) is 10.1. The van der Waals surface area contributed by atoms with Crippen molar-refractivity contribution in [3.05, 3.63) is 34.1 Å². The van der Waals surface area contributed by atoms with Crippen LogP contribution in [0.25, 0.3) is 11.5 Å². The zero-order valence-electron chi connectivity index (χ0n) is 8.61. The summed E-state index contributed by atoms with van der Waals surface area (Å²) in [6.45, 7) is 0. The van der Waals surface area contributed by atoms with Crippen molar-refractivity contribution in [3.8, 4) is 11.5 Å². The second-order valence-electron chi connectivity index (χ2n) is 3.01. The highest BCUT2D eigenvalue weighted by Crippen LogP contribution is 2.32. The number of esters is 1. The van der Waals surface area contributed by atoms with Gasteiger partial charge < -0.3 is 9.15 Å². The highest BCUT2D eigenvalue weighted by molar-refractivity contribution is 6.43. The molecule has 0 spiro atoms. The molecule has 0 atom stereocenters. The van der Waals surface area contributed by atoms with E-state index >= 15 is 0 Å². The second-order valence-corrected chi connectivity index (χ2v) is 3.79. The molecule has 88 valence electrons. The van der Waals surface area contributed by atoms with Gasteiger partial charge >= 0.3 is 11.9 Å². The molecular weight excluding hydrogens is 267 g/mol. The molecular formula is C10H6Cl2N2O3. The predicted octanol–water partition coefficient (Wildman–Crippen LogP) is 2.83. The maximum atomic E-state index is 11.1. The third-order valence-corrected chi connectivity index (χ3v) is 2.79. The van der Waals surface area contributed by atoms with E-state index < -0.39 is 5.97 Å². The highest BCUT2D eigenvalue weighted by atomic mass is 35.5. The smallest absolute Gasteiger partial charge is 0.396 e. The summed E-state index contributed by atoms with van der Waals surface area (Å²) in [5, 5.41) is 7.89. The van der Waals surface area contributed by atoms with E-state index in [9.17, 15) is 4.79 Å². The molecule has 17 heavy (non-hydrogen) atoms. The SMILES string of the molecule is COC(=O)c1nnc(-c2cccc(Cl)c2Cl)o1. The van der Waals surface area contributed by atoms with Gasteiger partial charge in [0.05, 0.1) is 22.7 Å². The van der Waals surface area contributed by atoms with Gasteiger partial charge in [-0.2, -0.15) is 0 Å². The third kappa shape index (κ3) is 2.25. The monoisotopic (exact) mass is 272 g/mol. The van der Waals surface area contributed by atoms with Crippen molar-refractivity contribution in [2.75, 3.05) is 7.11 Å². The molecule has 0 bridgehead atoms. The number of nitrogens with zero attached hydrogens (tertiary/aromatic N) is 2. The van der Waals surface area contributed by atoms with Gasteiger partial charge in [0.25, 0.3) is 0 Å². The van der Waals surface area contributed by atoms with Crippen molar-refractivity contribution >= 4 is 29.2 Å². The van der Waals surface area contributed by atoms with Gasteiger partial charge in [0.15, 0.2) is 0 Å². The summed E-state index contributed by atoms with van der Waals surface area (Å²) in [6.07, 6.45) is 0. The average Bonchev–Trinajstić information content (AvgIpc) is 2.81. The van der Waals surface area contributed by atoms with Crippen molar-refractivity contribution < 1.29 is 13.9 Å². The minimum Gasteiger partial charge on any atom is -0.462 e. The summed E-state index contributed by atoms with van der Waals surface area (Å²) in [5.41, 5.74) is 0.460. The summed E-state index contributed by atoms with van der Waals surface area (Å²) in [5.74, 6) is -0.835. The van der Waals surface area contributed by atoms with E-state index in [4.69, 9.17) is 27.6 Å². The Hall–Kier alpha value is -1.59. The number of ether oxygens (including phenoxy) is 1. The normalized spacial score (nSPS) is 10.3. The van der Waals surface area contributed by atoms with Crippen molar-refractivity contribution in [3.63, 3.8) is 0 Å². The lowest BCUT2D eigenvalue weighted by atomic mass is 10.2. The minimum absolute atomic E-state index is 0.109. The quantitative estimate of drug-likeness (QED) is 0.787. The predicted molar refractivity (Wildman–Crippen MR) is 61.1 cm³/mol. The number of hydrogen-bond donors (Lipinski definition) is 0. The van der Waals surface area contributed by atoms with Crippen LogP contribution < -0.4 is 0 Å². The second kappa shape index (κ2) is 4.73. The Bertz CT molecular complexity index is 568. The van der Waals surface area contributed by atoms with E-state index in [-0.39, 0.29) is 16.8 Å². The standard InChI is InChI=1S/C10H6Cl2N2O3/c1-16-10(15)9-14-13-8(17-9)5-3-2-4-6(11)7(5)12/h2-4H,1H3. The number of carbonyl (C=O) groups is 1. The Morgan fingerprint density at radius 2 is 2.12 bits per heavy atom. The molecule has 2 aromatic rings. The van der Waals surface area contributed by atoms with Crippen LogP contribution >= 0.6 is 23.2 Å². The molecule has 1 aromatic heterocycles. The number of halogens is 2. The van der Waals surface area contributed by atoms with E-state index in [2.05, 4.69) is 14.9 Å². The number of methoxy groups -OCH3 is 1. The third-order valence-electron chi connectivity index (χ3n) is 1.97. The van der Waals surface area contributed by atoms with E-state index in [0.29, 0.717) is 10.6 Å². The van der Waals surface area contributed by atoms with Crippen molar-refractivity contribution in [2.45, 2.75) is 0 Å². The lowest BCUT2D eigenvalue weighted by molar-refractivity contribution is 0.0556. The summed E-state index contributed by atoms with van der Waals surface area (Å²) in [4.78, 5) is 11.1. The highest BCUT2D eigenvalue weighted by Gasteiger charge is 2.18. The molecule has 1 aromatic carbocycles. The van der Waals surface area contributed by atoms with Crippen molar-refractivity contribution in [1.29, 1.82) is 0 Å². The van der Waals surface area contributed by atoms with Gasteiger partial charge in [-0.3, -0.25) is 0 Å². The van der Waals surface area contributed by atoms with E-state index in [0.717, 1.165) is 0 Å². The Morgan fingerprint density at radius 3 is 2.82 bits per heavy atom. The number of aromatic nitrogens is 2. The van der Waals surface area contributed by atoms with E-state index in [1.165, 1.54) is 7.11 Å². The Kier molecular flexibility index (Phi) is 3.31. The van der Waals surface area contributed by atoms with Gasteiger partial charge in [0, 0.05) is 0 Å². The molecule has 0 unspecified atom stereocenters. The van der Waals surface area contributed by atoms with Crippen LogP contribution in [0.2, 0.25) is 10.0 Å². The molecule has 0 amide bonds. The molecule has 0 aliphatic carbocycles. The molecule has 0 N–H and O–H groups in total. The maximum Gasteiger partial charge on any atom is 0.396 e. The van der Waals surface area contributed by atoms with Crippen molar-refractivity contribution in [1.82, 2.24) is 10.2 Å². The van der Waals surface area contributed by atoms with Gasteiger partial charge in [-0.1, -0.05) is 29.3 Å². The molecule has 5 nitrogen and oxygen atoms in total. The fraction of sp³-hybridized carbons (Fsp3) is 0.100. The van der Waals surface area contributed by atoms with E-state index in [1.807, 2.05) is 0 Å². The van der Waals surface area contributed by atoms with Gasteiger partial charge in [-0.05, 0) is 12.1 Å². The molecule has 2 rings (SSSR count). The molecule has 1 heterocycles. The van der Waals surface area contributed by atoms with Gasteiger partial charge in [0.2, 0.25) is 5.89 Å². The Balaban J connectivity index is 2.44. The maximum absolute atomic E-state index is 11.1. The molecule has 0 aliphatic rings. The summed E-state index contributed by atoms with van der Waals surface area (Å²) >= 11 is 11.8. The van der Waals surface area contributed by atoms with Crippen LogP contribution in [0.5, 0.6) is 0 Å². The number of carbonyl (C=O) groups excluding carboxylic acids is 1. The number of hydrogen-bond acceptors (Lipinski definition) is 5. The van der Waals surface area contributed by atoms with Crippen LogP contribution in [-0.4, -0.2) is 23.3 Å². The van der Waals surface area contributed by atoms with Crippen LogP contribution in [0.15, 0.2) is 22.6 Å². The first kappa shape index (κ1) is 11.9. The summed E-state index contributed by atoms with van der Waals surface area (Å²) in [7, 11) is 1.22. The van der Waals surface area contributed by atoms with Crippen LogP contribution in [-0.2, 0) is 4.74 Å². The lowest BCUT2D eigenvalue weighted by Crippen LogP contribution is -2.00. The zero-order chi connectivity index (χ0) is 12.4. The lowest BCUT2D eigenvalue weighted by Gasteiger charge is -1.99. The Labute approximate surface area is 106 Å². The molecule has 7 heteroatoms. The van der Waals surface area contributed by atoms with Crippen LogP contribution in [0.4, 0.5) is 0 Å². The topological polar surface area (TPSA) is 65.2 Å². The number of benzene rings is 1. The fourth-order valence-corrected chi connectivity index (χ4v) is 1.55. The van der Waals surface area contributed by atoms with Gasteiger partial charge in [0.1, 0.15) is 0 Å². The average molecular weight is 273 g/mol. The largest absolute Gasteiger partial charge is 0.462 e. The van der Waals surface area contributed by atoms with Gasteiger partial charge in [-0.15, -0.1) is 10.2 Å². The van der Waals surface area contributed by atoms with Crippen molar-refractivity contribution in [2.24, 2.45) is 0 Å². The number of rotatable bonds is 2. The molecule has 0 fully saturated rings. The van der Waals surface area contributed by atoms with Crippen LogP contribution in [0.3, 0.4) is 0 Å².